The summed E-state index contributed by atoms with van der Waals surface area (Å²) in [4.78, 5) is 18.3. The lowest BCUT2D eigenvalue weighted by molar-refractivity contribution is -0.135. The van der Waals surface area contributed by atoms with E-state index < -0.39 is 0 Å². The molecule has 56 heavy (non-hydrogen) atoms. The SMILES string of the molecule is CC(C)C1CC2(C1)CN(C(C)C)C2.CC(C)N1CC2(C1)CN(C(C)C)C2.CC(C)N1CCC2(C1)CN(C(C)C)C2.CC(C)N1CCC2(CC1)CCN(C(C)C)C2. The van der Waals surface area contributed by atoms with Gasteiger partial charge in [-0.1, -0.05) is 13.8 Å². The molecule has 7 aliphatic heterocycles. The lowest BCUT2D eigenvalue weighted by atomic mass is 9.55. The molecule has 0 amide bonds. The van der Waals surface area contributed by atoms with E-state index in [1.165, 1.54) is 130 Å². The van der Waals surface area contributed by atoms with Crippen molar-refractivity contribution in [3.05, 3.63) is 0 Å². The molecule has 0 atom stereocenters. The zero-order chi connectivity index (χ0) is 41.4. The molecule has 1 saturated carbocycles. The molecular formula is C49H97N7. The minimum absolute atomic E-state index is 0.675. The highest BCUT2D eigenvalue weighted by Gasteiger charge is 2.54. The Morgan fingerprint density at radius 2 is 0.536 bits per heavy atom. The maximum Gasteiger partial charge on any atom is 0.0212 e. The van der Waals surface area contributed by atoms with Crippen LogP contribution in [0.3, 0.4) is 0 Å². The number of hydrogen-bond donors (Lipinski definition) is 0. The minimum Gasteiger partial charge on any atom is -0.301 e. The Morgan fingerprint density at radius 1 is 0.286 bits per heavy atom. The maximum atomic E-state index is 2.67. The van der Waals surface area contributed by atoms with Crippen molar-refractivity contribution in [2.24, 2.45) is 33.5 Å². The summed E-state index contributed by atoms with van der Waals surface area (Å²) in [6.45, 7) is 55.9. The summed E-state index contributed by atoms with van der Waals surface area (Å²) in [5, 5.41) is 0. The van der Waals surface area contributed by atoms with Gasteiger partial charge in [0, 0.05) is 119 Å². The molecule has 7 nitrogen and oxygen atoms in total. The highest BCUT2D eigenvalue weighted by atomic mass is 15.3. The van der Waals surface area contributed by atoms with Crippen LogP contribution in [0.15, 0.2) is 0 Å². The smallest absolute Gasteiger partial charge is 0.0212 e. The topological polar surface area (TPSA) is 22.7 Å². The van der Waals surface area contributed by atoms with E-state index >= 15 is 0 Å². The van der Waals surface area contributed by atoms with Gasteiger partial charge >= 0.3 is 0 Å². The summed E-state index contributed by atoms with van der Waals surface area (Å²) in [6, 6.07) is 5.22. The number of nitrogens with zero attached hydrogens (tertiary/aromatic N) is 7. The van der Waals surface area contributed by atoms with Crippen LogP contribution in [-0.2, 0) is 0 Å². The normalized spacial score (nSPS) is 27.9. The third-order valence-electron chi connectivity index (χ3n) is 16.5. The molecule has 0 unspecified atom stereocenters. The summed E-state index contributed by atoms with van der Waals surface area (Å²) in [6.07, 6.45) is 8.73. The first-order valence-corrected chi connectivity index (χ1v) is 24.3. The van der Waals surface area contributed by atoms with Gasteiger partial charge in [0.1, 0.15) is 0 Å². The van der Waals surface area contributed by atoms with Crippen molar-refractivity contribution in [3.63, 3.8) is 0 Å². The van der Waals surface area contributed by atoms with Crippen molar-refractivity contribution in [1.82, 2.24) is 34.3 Å². The number of piperidine rings is 1. The summed E-state index contributed by atoms with van der Waals surface area (Å²) >= 11 is 0. The van der Waals surface area contributed by atoms with Crippen LogP contribution in [0.4, 0.5) is 0 Å². The van der Waals surface area contributed by atoms with Crippen LogP contribution in [-0.4, -0.2) is 168 Å². The van der Waals surface area contributed by atoms with Gasteiger partial charge in [0.2, 0.25) is 0 Å². The Balaban J connectivity index is 0.000000143. The predicted octanol–water partition coefficient (Wildman–Crippen LogP) is 8.59. The van der Waals surface area contributed by atoms with Gasteiger partial charge in [-0.25, -0.2) is 0 Å². The molecule has 0 radical (unpaired) electrons. The fourth-order valence-electron chi connectivity index (χ4n) is 11.7. The molecule has 0 bridgehead atoms. The van der Waals surface area contributed by atoms with Crippen molar-refractivity contribution >= 4 is 0 Å². The molecule has 4 spiro atoms. The Morgan fingerprint density at radius 3 is 0.839 bits per heavy atom. The fraction of sp³-hybridized carbons (Fsp3) is 1.00. The zero-order valence-corrected chi connectivity index (χ0v) is 40.5. The molecule has 0 aromatic rings. The van der Waals surface area contributed by atoms with Crippen molar-refractivity contribution in [1.29, 1.82) is 0 Å². The second-order valence-electron chi connectivity index (χ2n) is 23.7. The number of rotatable bonds is 8. The van der Waals surface area contributed by atoms with Crippen LogP contribution in [0.5, 0.6) is 0 Å². The number of likely N-dealkylation sites (tertiary alicyclic amines) is 7. The first-order valence-electron chi connectivity index (χ1n) is 24.3. The molecule has 7 saturated heterocycles. The van der Waals surface area contributed by atoms with Gasteiger partial charge in [0.15, 0.2) is 0 Å². The molecule has 328 valence electrons. The van der Waals surface area contributed by atoms with Crippen LogP contribution >= 0.6 is 0 Å². The van der Waals surface area contributed by atoms with E-state index in [0.29, 0.717) is 16.2 Å². The highest BCUT2D eigenvalue weighted by Crippen LogP contribution is 2.54. The van der Waals surface area contributed by atoms with Gasteiger partial charge in [-0.3, -0.25) is 19.6 Å². The van der Waals surface area contributed by atoms with Gasteiger partial charge < -0.3 is 14.7 Å². The third-order valence-corrected chi connectivity index (χ3v) is 16.5. The van der Waals surface area contributed by atoms with Crippen LogP contribution in [0, 0.1) is 33.5 Å². The zero-order valence-electron chi connectivity index (χ0n) is 40.5. The van der Waals surface area contributed by atoms with Crippen molar-refractivity contribution in [3.8, 4) is 0 Å². The Kier molecular flexibility index (Phi) is 15.7. The highest BCUT2D eigenvalue weighted by molar-refractivity contribution is 5.07. The largest absolute Gasteiger partial charge is 0.301 e. The van der Waals surface area contributed by atoms with Gasteiger partial charge in [0.05, 0.1) is 0 Å². The Bertz CT molecular complexity index is 1070. The first-order chi connectivity index (χ1) is 26.1. The van der Waals surface area contributed by atoms with Gasteiger partial charge in [-0.2, -0.15) is 0 Å². The van der Waals surface area contributed by atoms with E-state index in [2.05, 4.69) is 145 Å². The molecule has 8 aliphatic rings. The second kappa shape index (κ2) is 18.8. The lowest BCUT2D eigenvalue weighted by Gasteiger charge is -2.62. The van der Waals surface area contributed by atoms with E-state index in [4.69, 9.17) is 0 Å². The molecule has 8 fully saturated rings. The van der Waals surface area contributed by atoms with E-state index in [1.54, 1.807) is 0 Å². The standard InChI is InChI=1S/C14H28N2.C12H24N2.C12H23N.C11H22N2/c1-12(2)15-8-5-14(6-9-15)7-10-16(11-14)13(3)4;1-10(2)13-6-5-12(7-13)8-14(9-12)11(3)4;1-9(2)11-5-12(6-11)7-13(8-12)10(3)4;1-9(2)12-5-11(6-12)7-13(8-11)10(3)4/h12-13H,5-11H2,1-4H3;10-11H,5-9H2,1-4H3;9-11H,5-8H2,1-4H3;9-10H,5-8H2,1-4H3. The quantitative estimate of drug-likeness (QED) is 0.243. The first kappa shape index (κ1) is 46.8. The van der Waals surface area contributed by atoms with Crippen molar-refractivity contribution < 1.29 is 0 Å². The molecule has 0 aromatic heterocycles. The molecule has 0 aromatic carbocycles. The van der Waals surface area contributed by atoms with E-state index in [9.17, 15) is 0 Å². The fourth-order valence-corrected chi connectivity index (χ4v) is 11.7. The average molecular weight is 784 g/mol. The monoisotopic (exact) mass is 784 g/mol. The van der Waals surface area contributed by atoms with Crippen LogP contribution in [0.1, 0.15) is 149 Å². The average Bonchev–Trinajstić information content (AvgIpc) is 3.64. The Hall–Kier alpha value is -0.280. The summed E-state index contributed by atoms with van der Waals surface area (Å²) in [7, 11) is 0. The molecule has 7 heteroatoms. The number of hydrogen-bond acceptors (Lipinski definition) is 7. The maximum absolute atomic E-state index is 2.67. The molecular weight excluding hydrogens is 687 g/mol. The van der Waals surface area contributed by atoms with Crippen LogP contribution in [0.2, 0.25) is 0 Å². The summed E-state index contributed by atoms with van der Waals surface area (Å²) < 4.78 is 0. The second-order valence-corrected chi connectivity index (χ2v) is 23.7. The molecule has 0 N–H and O–H groups in total. The molecule has 8 rings (SSSR count). The third kappa shape index (κ3) is 11.1. The van der Waals surface area contributed by atoms with E-state index in [1.807, 2.05) is 0 Å². The van der Waals surface area contributed by atoms with Gasteiger partial charge in [-0.15, -0.1) is 0 Å². The van der Waals surface area contributed by atoms with Gasteiger partial charge in [0.25, 0.3) is 0 Å². The summed E-state index contributed by atoms with van der Waals surface area (Å²) in [5.41, 5.74) is 2.83. The van der Waals surface area contributed by atoms with E-state index in [0.717, 1.165) is 59.5 Å². The minimum atomic E-state index is 0.675. The predicted molar refractivity (Wildman–Crippen MR) is 243 cm³/mol. The van der Waals surface area contributed by atoms with Crippen LogP contribution < -0.4 is 0 Å². The Labute approximate surface area is 350 Å². The van der Waals surface area contributed by atoms with Crippen molar-refractivity contribution in [2.45, 2.75) is 192 Å². The van der Waals surface area contributed by atoms with Crippen molar-refractivity contribution in [2.75, 3.05) is 91.6 Å². The van der Waals surface area contributed by atoms with Gasteiger partial charge in [-0.05, 0) is 184 Å². The van der Waals surface area contributed by atoms with E-state index in [-0.39, 0.29) is 0 Å². The summed E-state index contributed by atoms with van der Waals surface area (Å²) in [5.74, 6) is 1.95. The van der Waals surface area contributed by atoms with Crippen LogP contribution in [0.25, 0.3) is 0 Å². The molecule has 1 aliphatic carbocycles. The molecule has 7 heterocycles. The lowest BCUT2D eigenvalue weighted by Crippen LogP contribution is -2.73.